The average molecular weight is 235 g/mol. The molecule has 0 aliphatic rings. The molecule has 16 heavy (non-hydrogen) atoms. The Morgan fingerprint density at radius 3 is 1.38 bits per heavy atom. The Balaban J connectivity index is -0.000000845. The first-order valence-electron chi connectivity index (χ1n) is 6.38. The van der Waals surface area contributed by atoms with Gasteiger partial charge in [0.1, 0.15) is 0 Å². The molecular weight excluding hydrogens is 202 g/mol. The van der Waals surface area contributed by atoms with Gasteiger partial charge >= 0.3 is 0 Å². The molecule has 0 unspecified atom stereocenters. The van der Waals surface area contributed by atoms with E-state index in [9.17, 15) is 0 Å². The largest absolute Gasteiger partial charge is 0.412 e. The van der Waals surface area contributed by atoms with Gasteiger partial charge in [0.15, 0.2) is 0 Å². The van der Waals surface area contributed by atoms with Crippen molar-refractivity contribution in [1.29, 1.82) is 0 Å². The summed E-state index contributed by atoms with van der Waals surface area (Å²) < 4.78 is 6.10. The van der Waals surface area contributed by atoms with E-state index in [2.05, 4.69) is 27.7 Å². The second-order valence-corrected chi connectivity index (χ2v) is 4.28. The van der Waals surface area contributed by atoms with E-state index in [1.807, 2.05) is 0 Å². The summed E-state index contributed by atoms with van der Waals surface area (Å²) in [6, 6.07) is 0. The molecule has 3 heteroatoms. The normalized spacial score (nSPS) is 10.5. The van der Waals surface area contributed by atoms with E-state index in [1.165, 1.54) is 38.5 Å². The first-order valence-corrected chi connectivity index (χ1v) is 6.38. The Morgan fingerprint density at radius 1 is 0.750 bits per heavy atom. The summed E-state index contributed by atoms with van der Waals surface area (Å²) in [5.74, 6) is 0. The van der Waals surface area contributed by atoms with Gasteiger partial charge in [-0.1, -0.05) is 47.0 Å². The van der Waals surface area contributed by atoms with Crippen molar-refractivity contribution in [3.8, 4) is 0 Å². The van der Waals surface area contributed by atoms with E-state index in [-0.39, 0.29) is 17.2 Å². The highest BCUT2D eigenvalue weighted by Gasteiger charge is 2.27. The van der Waals surface area contributed by atoms with Crippen LogP contribution in [-0.2, 0) is 4.74 Å². The quantitative estimate of drug-likeness (QED) is 0.658. The van der Waals surface area contributed by atoms with E-state index in [0.29, 0.717) is 0 Å². The maximum Gasteiger partial charge on any atom is 0.0682 e. The molecule has 0 fully saturated rings. The number of hydrogen-bond donors (Lipinski definition) is 1. The minimum atomic E-state index is 0. The highest BCUT2D eigenvalue weighted by molar-refractivity contribution is 4.79. The van der Waals surface area contributed by atoms with Crippen molar-refractivity contribution in [1.82, 2.24) is 6.15 Å². The zero-order valence-electron chi connectivity index (χ0n) is 11.8. The zero-order chi connectivity index (χ0) is 10.9. The van der Waals surface area contributed by atoms with Crippen LogP contribution < -0.4 is 6.15 Å². The molecule has 102 valence electrons. The summed E-state index contributed by atoms with van der Waals surface area (Å²) >= 11 is 0. The van der Waals surface area contributed by atoms with Crippen LogP contribution in [0.2, 0.25) is 0 Å². The molecule has 0 heterocycles. The third kappa shape index (κ3) is 8.08. The number of ether oxygens (including phenoxy) is 1. The van der Waals surface area contributed by atoms with Crippen LogP contribution in [0.3, 0.4) is 0 Å². The molecule has 0 spiro atoms. The molecule has 0 amide bonds. The van der Waals surface area contributed by atoms with Gasteiger partial charge in [-0.2, -0.15) is 0 Å². The van der Waals surface area contributed by atoms with Gasteiger partial charge in [-0.15, -0.1) is 0 Å². The SMILES string of the molecule is CCCOC(CCC)(CCC)CCC.N.O. The summed E-state index contributed by atoms with van der Waals surface area (Å²) in [7, 11) is 0. The highest BCUT2D eigenvalue weighted by atomic mass is 16.5. The van der Waals surface area contributed by atoms with Gasteiger partial charge < -0.3 is 16.4 Å². The van der Waals surface area contributed by atoms with Gasteiger partial charge in [0.2, 0.25) is 0 Å². The second kappa shape index (κ2) is 12.9. The van der Waals surface area contributed by atoms with Gasteiger partial charge in [-0.3, -0.25) is 0 Å². The maximum atomic E-state index is 6.10. The standard InChI is InChI=1S/C13H28O.H3N.H2O/c1-5-9-13(10-6-2,11-7-3)14-12-8-4;;/h5-12H2,1-4H3;1H3;1H2. The molecule has 0 aliphatic heterocycles. The van der Waals surface area contributed by atoms with Gasteiger partial charge in [0.25, 0.3) is 0 Å². The maximum absolute atomic E-state index is 6.10. The number of hydrogen-bond acceptors (Lipinski definition) is 2. The summed E-state index contributed by atoms with van der Waals surface area (Å²) in [6.07, 6.45) is 8.55. The molecule has 0 saturated carbocycles. The Hall–Kier alpha value is -0.120. The van der Waals surface area contributed by atoms with Crippen molar-refractivity contribution in [2.75, 3.05) is 6.61 Å². The third-order valence-corrected chi connectivity index (χ3v) is 2.73. The van der Waals surface area contributed by atoms with Crippen molar-refractivity contribution in [3.05, 3.63) is 0 Å². The Kier molecular flexibility index (Phi) is 17.2. The van der Waals surface area contributed by atoms with Crippen LogP contribution in [0.15, 0.2) is 0 Å². The molecule has 0 radical (unpaired) electrons. The Labute approximate surface area is 102 Å². The first kappa shape index (κ1) is 21.2. The smallest absolute Gasteiger partial charge is 0.0682 e. The molecule has 0 aliphatic carbocycles. The summed E-state index contributed by atoms with van der Waals surface area (Å²) in [6.45, 7) is 9.90. The Morgan fingerprint density at radius 2 is 1.12 bits per heavy atom. The topological polar surface area (TPSA) is 75.7 Å². The molecule has 0 aromatic carbocycles. The van der Waals surface area contributed by atoms with Crippen LogP contribution in [0, 0.1) is 0 Å². The fourth-order valence-corrected chi connectivity index (χ4v) is 2.28. The van der Waals surface area contributed by atoms with E-state index >= 15 is 0 Å². The molecule has 0 saturated heterocycles. The molecular formula is C13H33NO2. The highest BCUT2D eigenvalue weighted by Crippen LogP contribution is 2.29. The van der Waals surface area contributed by atoms with Crippen molar-refractivity contribution >= 4 is 0 Å². The van der Waals surface area contributed by atoms with E-state index in [4.69, 9.17) is 4.74 Å². The van der Waals surface area contributed by atoms with Gasteiger partial charge in [-0.25, -0.2) is 0 Å². The average Bonchev–Trinajstić information content (AvgIpc) is 2.16. The van der Waals surface area contributed by atoms with Crippen LogP contribution in [0.1, 0.15) is 72.6 Å². The van der Waals surface area contributed by atoms with E-state index in [0.717, 1.165) is 13.0 Å². The third-order valence-electron chi connectivity index (χ3n) is 2.73. The first-order chi connectivity index (χ1) is 6.74. The molecule has 3 nitrogen and oxygen atoms in total. The molecule has 5 N–H and O–H groups in total. The van der Waals surface area contributed by atoms with Crippen LogP contribution >= 0.6 is 0 Å². The lowest BCUT2D eigenvalue weighted by atomic mass is 9.88. The van der Waals surface area contributed by atoms with Crippen LogP contribution in [0.4, 0.5) is 0 Å². The molecule has 0 aromatic heterocycles. The fourth-order valence-electron chi connectivity index (χ4n) is 2.28. The molecule has 0 bridgehead atoms. The minimum absolute atomic E-state index is 0. The molecule has 0 aromatic rings. The number of rotatable bonds is 9. The van der Waals surface area contributed by atoms with Crippen molar-refractivity contribution in [2.24, 2.45) is 0 Å². The lowest BCUT2D eigenvalue weighted by Crippen LogP contribution is -2.32. The predicted molar refractivity (Wildman–Crippen MR) is 72.3 cm³/mol. The van der Waals surface area contributed by atoms with Crippen molar-refractivity contribution < 1.29 is 10.2 Å². The summed E-state index contributed by atoms with van der Waals surface area (Å²) in [4.78, 5) is 0. The summed E-state index contributed by atoms with van der Waals surface area (Å²) in [5.41, 5.74) is 0.203. The zero-order valence-corrected chi connectivity index (χ0v) is 11.8. The fraction of sp³-hybridized carbons (Fsp3) is 1.00. The molecule has 0 atom stereocenters. The second-order valence-electron chi connectivity index (χ2n) is 4.28. The monoisotopic (exact) mass is 235 g/mol. The minimum Gasteiger partial charge on any atom is -0.412 e. The summed E-state index contributed by atoms with van der Waals surface area (Å²) in [5, 5.41) is 0. The van der Waals surface area contributed by atoms with E-state index < -0.39 is 0 Å². The lowest BCUT2D eigenvalue weighted by molar-refractivity contribution is -0.0647. The van der Waals surface area contributed by atoms with Crippen molar-refractivity contribution in [2.45, 2.75) is 78.2 Å². The molecule has 0 rings (SSSR count). The Bertz CT molecular complexity index is 112. The van der Waals surface area contributed by atoms with E-state index in [1.54, 1.807) is 0 Å². The van der Waals surface area contributed by atoms with Gasteiger partial charge in [0, 0.05) is 6.61 Å². The van der Waals surface area contributed by atoms with Gasteiger partial charge in [-0.05, 0) is 25.7 Å². The lowest BCUT2D eigenvalue weighted by Gasteiger charge is -2.33. The van der Waals surface area contributed by atoms with Crippen LogP contribution in [-0.4, -0.2) is 17.7 Å². The van der Waals surface area contributed by atoms with Crippen LogP contribution in [0.25, 0.3) is 0 Å². The van der Waals surface area contributed by atoms with Gasteiger partial charge in [0.05, 0.1) is 5.60 Å². The van der Waals surface area contributed by atoms with Crippen LogP contribution in [0.5, 0.6) is 0 Å². The van der Waals surface area contributed by atoms with Crippen molar-refractivity contribution in [3.63, 3.8) is 0 Å². The predicted octanol–water partition coefficient (Wildman–Crippen LogP) is 3.89.